The van der Waals surface area contributed by atoms with Crippen LogP contribution < -0.4 is 5.32 Å². The normalized spacial score (nSPS) is 11.9. The van der Waals surface area contributed by atoms with Gasteiger partial charge >= 0.3 is 5.38 Å². The molecule has 0 bridgehead atoms. The summed E-state index contributed by atoms with van der Waals surface area (Å²) in [5, 5.41) is 2.77. The number of nitrogens with zero attached hydrogens (tertiary/aromatic N) is 3. The van der Waals surface area contributed by atoms with Crippen LogP contribution in [0.25, 0.3) is 5.65 Å². The van der Waals surface area contributed by atoms with Gasteiger partial charge in [-0.3, -0.25) is 4.79 Å². The van der Waals surface area contributed by atoms with Gasteiger partial charge in [-0.2, -0.15) is 13.9 Å². The zero-order valence-electron chi connectivity index (χ0n) is 11.4. The summed E-state index contributed by atoms with van der Waals surface area (Å²) in [6, 6.07) is 2.45. The molecule has 2 aromatic heterocycles. The molecule has 1 N–H and O–H groups in total. The van der Waals surface area contributed by atoms with E-state index in [1.807, 2.05) is 0 Å². The maximum absolute atomic E-state index is 13.4. The Morgan fingerprint density at radius 3 is 2.86 bits per heavy atom. The lowest BCUT2D eigenvalue weighted by Crippen LogP contribution is -2.27. The second-order valence-corrected chi connectivity index (χ2v) is 4.80. The van der Waals surface area contributed by atoms with Crippen LogP contribution in [-0.4, -0.2) is 40.8 Å². The number of hydrogen-bond donors (Lipinski definition) is 1. The van der Waals surface area contributed by atoms with Crippen LogP contribution in [0.5, 0.6) is 0 Å². The van der Waals surface area contributed by atoms with Crippen LogP contribution in [0.3, 0.4) is 0 Å². The molecular formula is C12H13ClF2N4O2. The fraction of sp³-hybridized carbons (Fsp3) is 0.417. The van der Waals surface area contributed by atoms with Crippen molar-refractivity contribution in [3.63, 3.8) is 0 Å². The molecule has 2 heterocycles. The maximum Gasteiger partial charge on any atom is 0.364 e. The molecule has 0 aliphatic rings. The summed E-state index contributed by atoms with van der Waals surface area (Å²) in [6.45, 7) is 2.17. The van der Waals surface area contributed by atoms with Crippen LogP contribution >= 0.6 is 11.6 Å². The van der Waals surface area contributed by atoms with Crippen molar-refractivity contribution in [2.75, 3.05) is 20.3 Å². The predicted molar refractivity (Wildman–Crippen MR) is 71.7 cm³/mol. The fourth-order valence-corrected chi connectivity index (χ4v) is 1.90. The second-order valence-electron chi connectivity index (χ2n) is 4.33. The zero-order valence-corrected chi connectivity index (χ0v) is 12.1. The number of hydrogen-bond acceptors (Lipinski definition) is 4. The summed E-state index contributed by atoms with van der Waals surface area (Å²) in [5.41, 5.74) is -0.0831. The van der Waals surface area contributed by atoms with Gasteiger partial charge < -0.3 is 10.1 Å². The lowest BCUT2D eigenvalue weighted by molar-refractivity contribution is 0.0863. The van der Waals surface area contributed by atoms with E-state index in [2.05, 4.69) is 15.4 Å². The molecule has 0 fully saturated rings. The first-order valence-electron chi connectivity index (χ1n) is 6.04. The molecule has 0 saturated carbocycles. The number of rotatable bonds is 5. The lowest BCUT2D eigenvalue weighted by atomic mass is 10.3. The molecule has 0 aliphatic carbocycles. The van der Waals surface area contributed by atoms with E-state index in [0.29, 0.717) is 12.3 Å². The number of ether oxygens (including phenoxy) is 1. The monoisotopic (exact) mass is 318 g/mol. The Kier molecular flexibility index (Phi) is 4.38. The number of alkyl halides is 3. The Balaban J connectivity index is 2.39. The van der Waals surface area contributed by atoms with E-state index >= 15 is 0 Å². The van der Waals surface area contributed by atoms with E-state index in [1.165, 1.54) is 13.2 Å². The second kappa shape index (κ2) is 5.90. The summed E-state index contributed by atoms with van der Waals surface area (Å²) in [6.07, 6.45) is 0. The van der Waals surface area contributed by atoms with Crippen molar-refractivity contribution in [1.82, 2.24) is 19.9 Å². The third-order valence-corrected chi connectivity index (χ3v) is 2.86. The molecule has 1 amide bonds. The first-order valence-corrected chi connectivity index (χ1v) is 6.42. The minimum Gasteiger partial charge on any atom is -0.383 e. The zero-order chi connectivity index (χ0) is 15.6. The molecule has 0 aliphatic heterocycles. The SMILES string of the molecule is COCCNC(=O)c1cc2nc(C)cc(C(F)(F)Cl)n2n1. The molecule has 0 unspecified atom stereocenters. The number of fused-ring (bicyclic) bond motifs is 1. The van der Waals surface area contributed by atoms with Crippen molar-refractivity contribution in [3.05, 3.63) is 29.2 Å². The summed E-state index contributed by atoms with van der Waals surface area (Å²) < 4.78 is 32.4. The quantitative estimate of drug-likeness (QED) is 0.673. The number of carbonyl (C=O) groups excluding carboxylic acids is 1. The molecule has 0 atom stereocenters. The standard InChI is InChI=1S/C12H13ClF2N4O2/c1-7-5-9(12(13,14)15)19-10(17-7)6-8(18-19)11(20)16-3-4-21-2/h5-6H,3-4H2,1-2H3,(H,16,20). The summed E-state index contributed by atoms with van der Waals surface area (Å²) in [7, 11) is 1.50. The molecule has 0 saturated heterocycles. The Morgan fingerprint density at radius 1 is 1.52 bits per heavy atom. The van der Waals surface area contributed by atoms with Crippen molar-refractivity contribution in [1.29, 1.82) is 0 Å². The van der Waals surface area contributed by atoms with E-state index < -0.39 is 17.0 Å². The first-order chi connectivity index (χ1) is 9.82. The van der Waals surface area contributed by atoms with Gasteiger partial charge in [-0.1, -0.05) is 0 Å². The molecule has 0 radical (unpaired) electrons. The molecule has 0 aromatic carbocycles. The van der Waals surface area contributed by atoms with Crippen molar-refractivity contribution >= 4 is 23.2 Å². The van der Waals surface area contributed by atoms with E-state index in [-0.39, 0.29) is 17.9 Å². The van der Waals surface area contributed by atoms with Crippen molar-refractivity contribution in [2.45, 2.75) is 12.3 Å². The average molecular weight is 319 g/mol. The molecule has 9 heteroatoms. The highest BCUT2D eigenvalue weighted by Gasteiger charge is 2.32. The van der Waals surface area contributed by atoms with Gasteiger partial charge in [-0.05, 0) is 24.6 Å². The predicted octanol–water partition coefficient (Wildman–Crippen LogP) is 1.70. The van der Waals surface area contributed by atoms with Gasteiger partial charge in [0.05, 0.1) is 6.61 Å². The Bertz CT molecular complexity index is 669. The average Bonchev–Trinajstić information content (AvgIpc) is 2.80. The molecule has 114 valence electrons. The summed E-state index contributed by atoms with van der Waals surface area (Å²) in [5.74, 6) is -0.501. The highest BCUT2D eigenvalue weighted by atomic mass is 35.5. The van der Waals surface area contributed by atoms with Gasteiger partial charge in [0.15, 0.2) is 11.3 Å². The Labute approximate surface area is 124 Å². The maximum atomic E-state index is 13.4. The summed E-state index contributed by atoms with van der Waals surface area (Å²) in [4.78, 5) is 15.9. The van der Waals surface area contributed by atoms with E-state index in [4.69, 9.17) is 16.3 Å². The smallest absolute Gasteiger partial charge is 0.364 e. The fourth-order valence-electron chi connectivity index (χ4n) is 1.77. The van der Waals surface area contributed by atoms with E-state index in [1.54, 1.807) is 6.92 Å². The number of aromatic nitrogens is 3. The summed E-state index contributed by atoms with van der Waals surface area (Å²) >= 11 is 5.06. The van der Waals surface area contributed by atoms with Crippen LogP contribution in [0, 0.1) is 6.92 Å². The van der Waals surface area contributed by atoms with E-state index in [0.717, 1.165) is 10.6 Å². The number of halogens is 3. The molecular weight excluding hydrogens is 306 g/mol. The molecule has 0 spiro atoms. The molecule has 6 nitrogen and oxygen atoms in total. The Hall–Kier alpha value is -1.80. The van der Waals surface area contributed by atoms with E-state index in [9.17, 15) is 13.6 Å². The van der Waals surface area contributed by atoms with Gasteiger partial charge in [0.1, 0.15) is 5.69 Å². The minimum absolute atomic E-state index is 0.0219. The lowest BCUT2D eigenvalue weighted by Gasteiger charge is -2.10. The number of methoxy groups -OCH3 is 1. The molecule has 2 aromatic rings. The van der Waals surface area contributed by atoms with Crippen molar-refractivity contribution < 1.29 is 18.3 Å². The van der Waals surface area contributed by atoms with Gasteiger partial charge in [-0.25, -0.2) is 9.50 Å². The topological polar surface area (TPSA) is 68.5 Å². The number of amides is 1. The number of nitrogens with one attached hydrogen (secondary N) is 1. The molecule has 21 heavy (non-hydrogen) atoms. The third kappa shape index (κ3) is 3.45. The minimum atomic E-state index is -3.61. The van der Waals surface area contributed by atoms with Crippen LogP contribution in [0.15, 0.2) is 12.1 Å². The molecule has 2 rings (SSSR count). The highest BCUT2D eigenvalue weighted by Crippen LogP contribution is 2.32. The van der Waals surface area contributed by atoms with Crippen LogP contribution in [0.2, 0.25) is 0 Å². The highest BCUT2D eigenvalue weighted by molar-refractivity contribution is 6.21. The van der Waals surface area contributed by atoms with Crippen LogP contribution in [-0.2, 0) is 10.1 Å². The van der Waals surface area contributed by atoms with Crippen LogP contribution in [0.1, 0.15) is 21.9 Å². The number of carbonyl (C=O) groups is 1. The number of aryl methyl sites for hydroxylation is 1. The first kappa shape index (κ1) is 15.6. The van der Waals surface area contributed by atoms with Crippen molar-refractivity contribution in [3.8, 4) is 0 Å². The third-order valence-electron chi connectivity index (χ3n) is 2.67. The largest absolute Gasteiger partial charge is 0.383 e. The van der Waals surface area contributed by atoms with Gasteiger partial charge in [0, 0.05) is 25.4 Å². The van der Waals surface area contributed by atoms with Crippen LogP contribution in [0.4, 0.5) is 8.78 Å². The Morgan fingerprint density at radius 2 is 2.24 bits per heavy atom. The van der Waals surface area contributed by atoms with Gasteiger partial charge in [0.2, 0.25) is 0 Å². The van der Waals surface area contributed by atoms with Gasteiger partial charge in [-0.15, -0.1) is 0 Å². The van der Waals surface area contributed by atoms with Crippen molar-refractivity contribution in [2.24, 2.45) is 0 Å². The van der Waals surface area contributed by atoms with Gasteiger partial charge in [0.25, 0.3) is 5.91 Å².